The molecule has 1 aromatic rings. The van der Waals surface area contributed by atoms with Crippen molar-refractivity contribution < 1.29 is 18.3 Å². The number of aryl methyl sites for hydroxylation is 1. The van der Waals surface area contributed by atoms with Crippen LogP contribution in [0.3, 0.4) is 0 Å². The van der Waals surface area contributed by atoms with Crippen LogP contribution in [0.25, 0.3) is 6.08 Å². The van der Waals surface area contributed by atoms with Gasteiger partial charge < -0.3 is 9.64 Å². The first kappa shape index (κ1) is 14.7. The molecule has 0 aliphatic carbocycles. The summed E-state index contributed by atoms with van der Waals surface area (Å²) in [6, 6.07) is 7.14. The Morgan fingerprint density at radius 3 is 2.45 bits per heavy atom. The molecule has 0 saturated carbocycles. The third kappa shape index (κ3) is 3.63. The number of benzene rings is 1. The molecule has 0 atom stereocenters. The van der Waals surface area contributed by atoms with Crippen molar-refractivity contribution in [1.29, 1.82) is 0 Å². The smallest absolute Gasteiger partial charge is 0.343 e. The van der Waals surface area contributed by atoms with Crippen molar-refractivity contribution in [3.63, 3.8) is 0 Å². The third-order valence-corrected chi connectivity index (χ3v) is 3.15. The molecule has 3 nitrogen and oxygen atoms in total. The summed E-state index contributed by atoms with van der Waals surface area (Å²) in [5.74, 6) is -4.65. The normalized spacial score (nSPS) is 16.6. The summed E-state index contributed by atoms with van der Waals surface area (Å²) in [7, 11) is 0. The molecule has 0 unspecified atom stereocenters. The van der Waals surface area contributed by atoms with Gasteiger partial charge in [0.25, 0.3) is 5.91 Å². The van der Waals surface area contributed by atoms with Crippen LogP contribution in [-0.4, -0.2) is 43.0 Å². The van der Waals surface area contributed by atoms with E-state index in [-0.39, 0.29) is 13.1 Å². The molecule has 0 aromatic heterocycles. The minimum atomic E-state index is -3.48. The second-order valence-electron chi connectivity index (χ2n) is 4.77. The summed E-state index contributed by atoms with van der Waals surface area (Å²) < 4.78 is 32.7. The number of nitrogens with zero attached hydrogens (tertiary/aromatic N) is 1. The molecule has 1 aliphatic heterocycles. The molecular weight excluding hydrogens is 264 g/mol. The summed E-state index contributed by atoms with van der Waals surface area (Å²) in [5, 5.41) is 0. The lowest BCUT2D eigenvalue weighted by Gasteiger charge is -2.29. The Morgan fingerprint density at radius 1 is 1.25 bits per heavy atom. The molecule has 1 fully saturated rings. The number of rotatable bonds is 3. The van der Waals surface area contributed by atoms with Crippen LogP contribution in [0.15, 0.2) is 30.3 Å². The number of carbonyl (C=O) groups excluding carboxylic acids is 1. The Labute approximate surface area is 116 Å². The van der Waals surface area contributed by atoms with Gasteiger partial charge in [-0.1, -0.05) is 35.9 Å². The lowest BCUT2D eigenvalue weighted by molar-refractivity contribution is -0.154. The van der Waals surface area contributed by atoms with Crippen LogP contribution < -0.4 is 0 Å². The Kier molecular flexibility index (Phi) is 4.49. The fraction of sp³-hybridized carbons (Fsp3) is 0.400. The molecule has 1 amide bonds. The molecule has 0 spiro atoms. The Morgan fingerprint density at radius 2 is 1.85 bits per heavy atom. The predicted octanol–water partition coefficient (Wildman–Crippen LogP) is 2.50. The van der Waals surface area contributed by atoms with Crippen molar-refractivity contribution in [1.82, 2.24) is 4.90 Å². The lowest BCUT2D eigenvalue weighted by atomic mass is 10.1. The van der Waals surface area contributed by atoms with E-state index in [1.165, 1.54) is 6.08 Å². The molecule has 5 heteroatoms. The molecule has 1 saturated heterocycles. The van der Waals surface area contributed by atoms with Crippen molar-refractivity contribution in [2.75, 3.05) is 26.3 Å². The third-order valence-electron chi connectivity index (χ3n) is 3.15. The highest BCUT2D eigenvalue weighted by Gasteiger charge is 2.39. The molecule has 0 radical (unpaired) electrons. The zero-order valence-electron chi connectivity index (χ0n) is 11.3. The zero-order valence-corrected chi connectivity index (χ0v) is 11.3. The fourth-order valence-corrected chi connectivity index (χ4v) is 1.93. The maximum Gasteiger partial charge on any atom is 0.343 e. The van der Waals surface area contributed by atoms with Gasteiger partial charge >= 0.3 is 5.92 Å². The van der Waals surface area contributed by atoms with E-state index in [1.54, 1.807) is 12.1 Å². The van der Waals surface area contributed by atoms with Crippen molar-refractivity contribution in [2.45, 2.75) is 12.8 Å². The SMILES string of the molecule is Cc1ccc(/C=C/C(F)(F)C(=O)N2CCOCC2)cc1. The average Bonchev–Trinajstić information content (AvgIpc) is 2.47. The summed E-state index contributed by atoms with van der Waals surface area (Å²) in [4.78, 5) is 12.9. The van der Waals surface area contributed by atoms with Crippen molar-refractivity contribution in [2.24, 2.45) is 0 Å². The van der Waals surface area contributed by atoms with Crippen LogP contribution in [0.5, 0.6) is 0 Å². The van der Waals surface area contributed by atoms with E-state index in [1.807, 2.05) is 19.1 Å². The van der Waals surface area contributed by atoms with Crippen LogP contribution in [-0.2, 0) is 9.53 Å². The molecule has 108 valence electrons. The molecule has 1 aromatic carbocycles. The highest BCUT2D eigenvalue weighted by molar-refractivity contribution is 5.86. The summed E-state index contributed by atoms with van der Waals surface area (Å²) in [5.41, 5.74) is 1.70. The minimum absolute atomic E-state index is 0.215. The van der Waals surface area contributed by atoms with E-state index in [2.05, 4.69) is 0 Å². The van der Waals surface area contributed by atoms with E-state index >= 15 is 0 Å². The van der Waals surface area contributed by atoms with Crippen LogP contribution in [0.4, 0.5) is 8.78 Å². The van der Waals surface area contributed by atoms with Gasteiger partial charge in [0.1, 0.15) is 0 Å². The lowest BCUT2D eigenvalue weighted by Crippen LogP contribution is -2.47. The number of morpholine rings is 1. The number of hydrogen-bond donors (Lipinski definition) is 0. The van der Waals surface area contributed by atoms with Crippen LogP contribution in [0.1, 0.15) is 11.1 Å². The number of ether oxygens (including phenoxy) is 1. The van der Waals surface area contributed by atoms with Crippen LogP contribution >= 0.6 is 0 Å². The van der Waals surface area contributed by atoms with Gasteiger partial charge in [-0.25, -0.2) is 0 Å². The first-order valence-electron chi connectivity index (χ1n) is 6.50. The molecule has 1 heterocycles. The number of alkyl halides is 2. The maximum atomic E-state index is 13.8. The average molecular weight is 281 g/mol. The minimum Gasteiger partial charge on any atom is -0.378 e. The molecule has 2 rings (SSSR count). The van der Waals surface area contributed by atoms with Gasteiger partial charge in [0.15, 0.2) is 0 Å². The Balaban J connectivity index is 2.05. The number of carbonyl (C=O) groups is 1. The Bertz CT molecular complexity index is 491. The van der Waals surface area contributed by atoms with Gasteiger partial charge in [-0.15, -0.1) is 0 Å². The number of amides is 1. The van der Waals surface area contributed by atoms with E-state index in [4.69, 9.17) is 4.74 Å². The summed E-state index contributed by atoms with van der Waals surface area (Å²) >= 11 is 0. The van der Waals surface area contributed by atoms with Gasteiger partial charge in [-0.3, -0.25) is 4.79 Å². The van der Waals surface area contributed by atoms with Crippen LogP contribution in [0.2, 0.25) is 0 Å². The maximum absolute atomic E-state index is 13.8. The van der Waals surface area contributed by atoms with E-state index in [0.717, 1.165) is 10.5 Å². The van der Waals surface area contributed by atoms with Gasteiger partial charge in [0, 0.05) is 13.1 Å². The van der Waals surface area contributed by atoms with E-state index in [0.29, 0.717) is 24.9 Å². The van der Waals surface area contributed by atoms with E-state index < -0.39 is 11.8 Å². The fourth-order valence-electron chi connectivity index (χ4n) is 1.93. The highest BCUT2D eigenvalue weighted by Crippen LogP contribution is 2.21. The van der Waals surface area contributed by atoms with Gasteiger partial charge in [-0.2, -0.15) is 8.78 Å². The first-order chi connectivity index (χ1) is 9.49. The van der Waals surface area contributed by atoms with Gasteiger partial charge in [-0.05, 0) is 18.6 Å². The van der Waals surface area contributed by atoms with E-state index in [9.17, 15) is 13.6 Å². The second kappa shape index (κ2) is 6.13. The topological polar surface area (TPSA) is 29.5 Å². The molecule has 0 N–H and O–H groups in total. The number of hydrogen-bond acceptors (Lipinski definition) is 2. The second-order valence-corrected chi connectivity index (χ2v) is 4.77. The zero-order chi connectivity index (χ0) is 14.6. The summed E-state index contributed by atoms with van der Waals surface area (Å²) in [6.45, 7) is 2.97. The van der Waals surface area contributed by atoms with Crippen LogP contribution in [0, 0.1) is 6.92 Å². The van der Waals surface area contributed by atoms with Gasteiger partial charge in [0.2, 0.25) is 0 Å². The standard InChI is InChI=1S/C15H17F2NO2/c1-12-2-4-13(5-3-12)6-7-15(16,17)14(19)18-8-10-20-11-9-18/h2-7H,8-11H2,1H3/b7-6+. The highest BCUT2D eigenvalue weighted by atomic mass is 19.3. The molecule has 20 heavy (non-hydrogen) atoms. The molecule has 0 bridgehead atoms. The molecular formula is C15H17F2NO2. The number of halogens is 2. The van der Waals surface area contributed by atoms with Crippen molar-refractivity contribution in [3.05, 3.63) is 41.5 Å². The summed E-state index contributed by atoms with van der Waals surface area (Å²) in [6.07, 6.45) is 1.94. The van der Waals surface area contributed by atoms with Crippen molar-refractivity contribution in [3.8, 4) is 0 Å². The Hall–Kier alpha value is -1.75. The quantitative estimate of drug-likeness (QED) is 0.852. The van der Waals surface area contributed by atoms with Gasteiger partial charge in [0.05, 0.1) is 13.2 Å². The predicted molar refractivity (Wildman–Crippen MR) is 72.6 cm³/mol. The first-order valence-corrected chi connectivity index (χ1v) is 6.50. The molecule has 1 aliphatic rings. The van der Waals surface area contributed by atoms with Crippen molar-refractivity contribution >= 4 is 12.0 Å². The monoisotopic (exact) mass is 281 g/mol. The largest absolute Gasteiger partial charge is 0.378 e.